The van der Waals surface area contributed by atoms with E-state index in [1.54, 1.807) is 6.92 Å². The molecule has 0 saturated heterocycles. The molecule has 0 aromatic heterocycles. The predicted molar refractivity (Wildman–Crippen MR) is 80.1 cm³/mol. The first kappa shape index (κ1) is 18.4. The third kappa shape index (κ3) is 8.22. The van der Waals surface area contributed by atoms with Crippen molar-refractivity contribution in [2.24, 2.45) is 5.73 Å². The minimum absolute atomic E-state index is 0.291. The fourth-order valence-corrected chi connectivity index (χ4v) is 1.89. The topological polar surface area (TPSA) is 55.6 Å². The molecular weight excluding hydrogens is 240 g/mol. The number of carbonyl (C=O) groups is 1. The van der Waals surface area contributed by atoms with Gasteiger partial charge in [0, 0.05) is 6.54 Å². The van der Waals surface area contributed by atoms with Crippen LogP contribution < -0.4 is 5.73 Å². The molecular formula is C15H32N2O2. The quantitative estimate of drug-likeness (QED) is 0.587. The molecule has 0 aliphatic rings. The van der Waals surface area contributed by atoms with Gasteiger partial charge < -0.3 is 15.4 Å². The van der Waals surface area contributed by atoms with Crippen LogP contribution >= 0.6 is 0 Å². The number of nitrogens with two attached hydrogens (primary N) is 1. The Kier molecular flexibility index (Phi) is 9.88. The van der Waals surface area contributed by atoms with E-state index in [-0.39, 0.29) is 5.97 Å². The Bertz CT molecular complexity index is 234. The van der Waals surface area contributed by atoms with E-state index in [0.717, 1.165) is 19.6 Å². The molecule has 1 atom stereocenters. The summed E-state index contributed by atoms with van der Waals surface area (Å²) in [6.07, 6.45) is 5.44. The molecule has 2 N–H and O–H groups in total. The van der Waals surface area contributed by atoms with Crippen molar-refractivity contribution in [3.05, 3.63) is 0 Å². The van der Waals surface area contributed by atoms with Crippen LogP contribution in [0, 0.1) is 0 Å². The van der Waals surface area contributed by atoms with Crippen molar-refractivity contribution in [2.45, 2.75) is 65.3 Å². The molecule has 4 nitrogen and oxygen atoms in total. The van der Waals surface area contributed by atoms with Crippen LogP contribution in [-0.2, 0) is 9.53 Å². The van der Waals surface area contributed by atoms with Gasteiger partial charge in [0.2, 0.25) is 0 Å². The average Bonchev–Trinajstić information content (AvgIpc) is 2.38. The molecule has 4 heteroatoms. The highest BCUT2D eigenvalue weighted by Gasteiger charge is 2.30. The Morgan fingerprint density at radius 1 is 1.11 bits per heavy atom. The lowest BCUT2D eigenvalue weighted by Crippen LogP contribution is -2.48. The number of rotatable bonds is 11. The van der Waals surface area contributed by atoms with Crippen molar-refractivity contribution in [1.29, 1.82) is 0 Å². The second-order valence-corrected chi connectivity index (χ2v) is 5.44. The van der Waals surface area contributed by atoms with Crippen LogP contribution in [-0.4, -0.2) is 42.6 Å². The molecule has 0 fully saturated rings. The van der Waals surface area contributed by atoms with Gasteiger partial charge in [0.05, 0.1) is 6.61 Å². The number of hydrogen-bond donors (Lipinski definition) is 1. The van der Waals surface area contributed by atoms with Crippen molar-refractivity contribution < 1.29 is 9.53 Å². The largest absolute Gasteiger partial charge is 0.465 e. The highest BCUT2D eigenvalue weighted by molar-refractivity contribution is 5.79. The standard InChI is InChI=1S/C15H32N2O2/c1-5-8-11-17(12-9-6-2)13-10-15(4,16)14(18)19-7-3/h5-13,16H2,1-4H3. The highest BCUT2D eigenvalue weighted by atomic mass is 16.5. The van der Waals surface area contributed by atoms with Crippen molar-refractivity contribution in [2.75, 3.05) is 26.2 Å². The first-order valence-corrected chi connectivity index (χ1v) is 7.66. The number of hydrogen-bond acceptors (Lipinski definition) is 4. The van der Waals surface area contributed by atoms with Gasteiger partial charge >= 0.3 is 5.97 Å². The molecule has 114 valence electrons. The molecule has 0 bridgehead atoms. The summed E-state index contributed by atoms with van der Waals surface area (Å²) in [5.41, 5.74) is 5.18. The SMILES string of the molecule is CCCCN(CCCC)CCC(C)(N)C(=O)OCC. The summed E-state index contributed by atoms with van der Waals surface area (Å²) < 4.78 is 5.02. The molecule has 0 radical (unpaired) electrons. The van der Waals surface area contributed by atoms with Gasteiger partial charge in [-0.05, 0) is 46.2 Å². The van der Waals surface area contributed by atoms with E-state index in [4.69, 9.17) is 10.5 Å². The van der Waals surface area contributed by atoms with Crippen molar-refractivity contribution in [3.63, 3.8) is 0 Å². The first-order valence-electron chi connectivity index (χ1n) is 7.66. The summed E-state index contributed by atoms with van der Waals surface area (Å²) in [4.78, 5) is 14.2. The zero-order valence-corrected chi connectivity index (χ0v) is 13.2. The van der Waals surface area contributed by atoms with Gasteiger partial charge in [-0.15, -0.1) is 0 Å². The lowest BCUT2D eigenvalue weighted by molar-refractivity contribution is -0.149. The predicted octanol–water partition coefficient (Wildman–Crippen LogP) is 2.56. The van der Waals surface area contributed by atoms with E-state index in [1.807, 2.05) is 6.92 Å². The van der Waals surface area contributed by atoms with E-state index in [9.17, 15) is 4.79 Å². The Morgan fingerprint density at radius 2 is 1.63 bits per heavy atom. The van der Waals surface area contributed by atoms with Crippen LogP contribution in [0.1, 0.15) is 59.8 Å². The Labute approximate surface area is 118 Å². The van der Waals surface area contributed by atoms with Gasteiger partial charge in [0.1, 0.15) is 5.54 Å². The summed E-state index contributed by atoms with van der Waals surface area (Å²) in [5.74, 6) is -0.291. The molecule has 0 aromatic rings. The Morgan fingerprint density at radius 3 is 2.05 bits per heavy atom. The van der Waals surface area contributed by atoms with Crippen LogP contribution in [0.25, 0.3) is 0 Å². The summed E-state index contributed by atoms with van der Waals surface area (Å²) in [6, 6.07) is 0. The third-order valence-corrected chi connectivity index (χ3v) is 3.34. The Hall–Kier alpha value is -0.610. The molecule has 0 aliphatic heterocycles. The molecule has 0 spiro atoms. The maximum Gasteiger partial charge on any atom is 0.325 e. The molecule has 0 heterocycles. The lowest BCUT2D eigenvalue weighted by Gasteiger charge is -2.27. The van der Waals surface area contributed by atoms with Gasteiger partial charge in [0.15, 0.2) is 0 Å². The number of nitrogens with zero attached hydrogens (tertiary/aromatic N) is 1. The van der Waals surface area contributed by atoms with Crippen molar-refractivity contribution in [3.8, 4) is 0 Å². The normalized spacial score (nSPS) is 14.4. The summed E-state index contributed by atoms with van der Waals surface area (Å²) in [6.45, 7) is 11.4. The molecule has 0 aromatic carbocycles. The van der Waals surface area contributed by atoms with E-state index in [1.165, 1.54) is 25.7 Å². The van der Waals surface area contributed by atoms with Gasteiger partial charge in [-0.2, -0.15) is 0 Å². The molecule has 1 unspecified atom stereocenters. The maximum absolute atomic E-state index is 11.7. The molecule has 0 aliphatic carbocycles. The molecule has 0 amide bonds. The fraction of sp³-hybridized carbons (Fsp3) is 0.933. The van der Waals surface area contributed by atoms with Crippen LogP contribution in [0.2, 0.25) is 0 Å². The van der Waals surface area contributed by atoms with Crippen LogP contribution in [0.3, 0.4) is 0 Å². The van der Waals surface area contributed by atoms with E-state index in [0.29, 0.717) is 13.0 Å². The van der Waals surface area contributed by atoms with Crippen molar-refractivity contribution >= 4 is 5.97 Å². The minimum Gasteiger partial charge on any atom is -0.465 e. The maximum atomic E-state index is 11.7. The van der Waals surface area contributed by atoms with Gasteiger partial charge in [-0.25, -0.2) is 0 Å². The average molecular weight is 272 g/mol. The Balaban J connectivity index is 4.22. The molecule has 0 rings (SSSR count). The zero-order valence-electron chi connectivity index (χ0n) is 13.2. The van der Waals surface area contributed by atoms with Gasteiger partial charge in [-0.1, -0.05) is 26.7 Å². The first-order chi connectivity index (χ1) is 8.97. The smallest absolute Gasteiger partial charge is 0.325 e. The second-order valence-electron chi connectivity index (χ2n) is 5.44. The summed E-state index contributed by atoms with van der Waals surface area (Å²) in [7, 11) is 0. The monoisotopic (exact) mass is 272 g/mol. The van der Waals surface area contributed by atoms with Crippen LogP contribution in [0.5, 0.6) is 0 Å². The molecule has 19 heavy (non-hydrogen) atoms. The minimum atomic E-state index is -0.868. The summed E-state index contributed by atoms with van der Waals surface area (Å²) >= 11 is 0. The van der Waals surface area contributed by atoms with E-state index < -0.39 is 5.54 Å². The van der Waals surface area contributed by atoms with Crippen LogP contribution in [0.4, 0.5) is 0 Å². The van der Waals surface area contributed by atoms with E-state index >= 15 is 0 Å². The summed E-state index contributed by atoms with van der Waals surface area (Å²) in [5, 5.41) is 0. The molecule has 0 saturated carbocycles. The number of carbonyl (C=O) groups excluding carboxylic acids is 1. The van der Waals surface area contributed by atoms with Crippen molar-refractivity contribution in [1.82, 2.24) is 4.90 Å². The lowest BCUT2D eigenvalue weighted by atomic mass is 9.99. The highest BCUT2D eigenvalue weighted by Crippen LogP contribution is 2.11. The zero-order chi connectivity index (χ0) is 14.7. The van der Waals surface area contributed by atoms with Gasteiger partial charge in [0.25, 0.3) is 0 Å². The number of esters is 1. The van der Waals surface area contributed by atoms with Gasteiger partial charge in [-0.3, -0.25) is 4.79 Å². The number of unbranched alkanes of at least 4 members (excludes halogenated alkanes) is 2. The number of ether oxygens (including phenoxy) is 1. The second kappa shape index (κ2) is 10.2. The third-order valence-electron chi connectivity index (χ3n) is 3.34. The van der Waals surface area contributed by atoms with Crippen LogP contribution in [0.15, 0.2) is 0 Å². The fourth-order valence-electron chi connectivity index (χ4n) is 1.89. The van der Waals surface area contributed by atoms with E-state index in [2.05, 4.69) is 18.7 Å².